The largest absolute Gasteiger partial charge is 0.490 e. The first kappa shape index (κ1) is 21.8. The number of para-hydroxylation sites is 1. The van der Waals surface area contributed by atoms with Crippen LogP contribution in [-0.2, 0) is 10.0 Å². The molecule has 0 saturated carbocycles. The molecule has 0 bridgehead atoms. The average molecular weight is 448 g/mol. The molecule has 0 fully saturated rings. The molecule has 0 aliphatic rings. The van der Waals surface area contributed by atoms with Crippen LogP contribution in [0.25, 0.3) is 0 Å². The average Bonchev–Trinajstić information content (AvgIpc) is 2.72. The van der Waals surface area contributed by atoms with Gasteiger partial charge in [-0.1, -0.05) is 29.8 Å². The number of ether oxygens (including phenoxy) is 3. The lowest BCUT2D eigenvalue weighted by Gasteiger charge is -2.16. The van der Waals surface area contributed by atoms with Gasteiger partial charge in [0.25, 0.3) is 10.0 Å². The first-order chi connectivity index (χ1) is 14.4. The quantitative estimate of drug-likeness (QED) is 0.453. The van der Waals surface area contributed by atoms with E-state index in [1.807, 2.05) is 32.0 Å². The molecule has 0 aliphatic carbocycles. The molecule has 0 radical (unpaired) electrons. The van der Waals surface area contributed by atoms with E-state index in [-0.39, 0.29) is 10.6 Å². The van der Waals surface area contributed by atoms with Crippen molar-refractivity contribution >= 4 is 27.3 Å². The molecule has 0 spiro atoms. The fourth-order valence-electron chi connectivity index (χ4n) is 2.69. The third kappa shape index (κ3) is 5.37. The highest BCUT2D eigenvalue weighted by Crippen LogP contribution is 2.35. The van der Waals surface area contributed by atoms with Gasteiger partial charge in [-0.3, -0.25) is 4.72 Å². The fourth-order valence-corrected chi connectivity index (χ4v) is 3.94. The van der Waals surface area contributed by atoms with Crippen LogP contribution in [0.15, 0.2) is 71.6 Å². The van der Waals surface area contributed by atoms with Crippen molar-refractivity contribution in [3.63, 3.8) is 0 Å². The molecular weight excluding hydrogens is 426 g/mol. The molecular formula is C22H22ClNO5S. The van der Waals surface area contributed by atoms with Gasteiger partial charge in [0.1, 0.15) is 5.75 Å². The maximum Gasteiger partial charge on any atom is 0.262 e. The number of anilines is 1. The van der Waals surface area contributed by atoms with Gasteiger partial charge >= 0.3 is 0 Å². The van der Waals surface area contributed by atoms with Gasteiger partial charge in [-0.25, -0.2) is 8.42 Å². The van der Waals surface area contributed by atoms with Crippen LogP contribution in [0.5, 0.6) is 23.0 Å². The van der Waals surface area contributed by atoms with Crippen LogP contribution >= 0.6 is 11.6 Å². The zero-order valence-corrected chi connectivity index (χ0v) is 18.2. The first-order valence-corrected chi connectivity index (χ1v) is 11.2. The highest BCUT2D eigenvalue weighted by atomic mass is 35.5. The lowest BCUT2D eigenvalue weighted by atomic mass is 10.3. The Morgan fingerprint density at radius 1 is 0.833 bits per heavy atom. The molecule has 6 nitrogen and oxygen atoms in total. The first-order valence-electron chi connectivity index (χ1n) is 9.38. The molecule has 0 unspecified atom stereocenters. The Morgan fingerprint density at radius 3 is 2.20 bits per heavy atom. The Bertz CT molecular complexity index is 1100. The summed E-state index contributed by atoms with van der Waals surface area (Å²) in [6.07, 6.45) is 0. The number of rotatable bonds is 9. The molecule has 0 amide bonds. The minimum absolute atomic E-state index is 0.0278. The zero-order valence-electron chi connectivity index (χ0n) is 16.6. The smallest absolute Gasteiger partial charge is 0.262 e. The molecule has 0 aromatic heterocycles. The molecule has 0 heterocycles. The van der Waals surface area contributed by atoms with Crippen LogP contribution in [0.2, 0.25) is 5.02 Å². The Morgan fingerprint density at radius 2 is 1.50 bits per heavy atom. The van der Waals surface area contributed by atoms with Crippen LogP contribution < -0.4 is 18.9 Å². The van der Waals surface area contributed by atoms with Crippen molar-refractivity contribution in [1.29, 1.82) is 0 Å². The molecule has 30 heavy (non-hydrogen) atoms. The Hall–Kier alpha value is -2.90. The maximum absolute atomic E-state index is 13.0. The number of benzene rings is 3. The van der Waals surface area contributed by atoms with E-state index < -0.39 is 10.0 Å². The summed E-state index contributed by atoms with van der Waals surface area (Å²) < 4.78 is 45.5. The predicted octanol–water partition coefficient (Wildman–Crippen LogP) is 5.73. The Kier molecular flexibility index (Phi) is 7.07. The van der Waals surface area contributed by atoms with Crippen molar-refractivity contribution in [2.45, 2.75) is 18.7 Å². The molecule has 8 heteroatoms. The standard InChI is InChI=1S/C22H22ClNO5S/c1-3-27-21-13-11-18(15-22(21)28-4-2)30(25,26)24-19-14-16(23)10-12-20(19)29-17-8-6-5-7-9-17/h5-15,24H,3-4H2,1-2H3. The van der Waals surface area contributed by atoms with Crippen molar-refractivity contribution in [2.24, 2.45) is 0 Å². The third-order valence-electron chi connectivity index (χ3n) is 3.98. The summed E-state index contributed by atoms with van der Waals surface area (Å²) >= 11 is 6.09. The summed E-state index contributed by atoms with van der Waals surface area (Å²) in [6, 6.07) is 18.2. The minimum atomic E-state index is -3.94. The van der Waals surface area contributed by atoms with Crippen molar-refractivity contribution in [1.82, 2.24) is 0 Å². The second kappa shape index (κ2) is 9.73. The van der Waals surface area contributed by atoms with Gasteiger partial charge in [0.05, 0.1) is 23.8 Å². The van der Waals surface area contributed by atoms with E-state index in [0.29, 0.717) is 41.2 Å². The van der Waals surface area contributed by atoms with Gasteiger partial charge in [0.2, 0.25) is 0 Å². The summed E-state index contributed by atoms with van der Waals surface area (Å²) in [4.78, 5) is 0.0278. The van der Waals surface area contributed by atoms with Crippen molar-refractivity contribution in [3.8, 4) is 23.0 Å². The van der Waals surface area contributed by atoms with Gasteiger partial charge < -0.3 is 14.2 Å². The fraction of sp³-hybridized carbons (Fsp3) is 0.182. The highest BCUT2D eigenvalue weighted by Gasteiger charge is 2.20. The highest BCUT2D eigenvalue weighted by molar-refractivity contribution is 7.92. The van der Waals surface area contributed by atoms with Crippen LogP contribution in [0.1, 0.15) is 13.8 Å². The van der Waals surface area contributed by atoms with Crippen LogP contribution in [0, 0.1) is 0 Å². The number of halogens is 1. The molecule has 3 aromatic carbocycles. The van der Waals surface area contributed by atoms with Crippen molar-refractivity contribution in [3.05, 3.63) is 71.8 Å². The van der Waals surface area contributed by atoms with E-state index in [4.69, 9.17) is 25.8 Å². The molecule has 0 aliphatic heterocycles. The predicted molar refractivity (Wildman–Crippen MR) is 118 cm³/mol. The van der Waals surface area contributed by atoms with Gasteiger partial charge in [-0.2, -0.15) is 0 Å². The Labute approximate surface area is 181 Å². The maximum atomic E-state index is 13.0. The Balaban J connectivity index is 1.93. The molecule has 1 N–H and O–H groups in total. The van der Waals surface area contributed by atoms with E-state index in [9.17, 15) is 8.42 Å². The van der Waals surface area contributed by atoms with Crippen molar-refractivity contribution in [2.75, 3.05) is 17.9 Å². The molecule has 0 atom stereocenters. The van der Waals surface area contributed by atoms with Gasteiger partial charge in [-0.05, 0) is 56.3 Å². The summed E-state index contributed by atoms with van der Waals surface area (Å²) in [5.74, 6) is 1.73. The molecule has 3 aromatic rings. The monoisotopic (exact) mass is 447 g/mol. The van der Waals surface area contributed by atoms with E-state index in [0.717, 1.165) is 0 Å². The number of nitrogens with one attached hydrogen (secondary N) is 1. The van der Waals surface area contributed by atoms with E-state index >= 15 is 0 Å². The summed E-state index contributed by atoms with van der Waals surface area (Å²) in [6.45, 7) is 4.47. The summed E-state index contributed by atoms with van der Waals surface area (Å²) in [7, 11) is -3.94. The minimum Gasteiger partial charge on any atom is -0.490 e. The topological polar surface area (TPSA) is 73.9 Å². The lowest BCUT2D eigenvalue weighted by molar-refractivity contribution is 0.287. The van der Waals surface area contributed by atoms with Gasteiger partial charge in [-0.15, -0.1) is 0 Å². The van der Waals surface area contributed by atoms with E-state index in [1.54, 1.807) is 30.3 Å². The molecule has 3 rings (SSSR count). The second-order valence-corrected chi connectivity index (χ2v) is 8.25. The molecule has 0 saturated heterocycles. The van der Waals surface area contributed by atoms with Gasteiger partial charge in [0.15, 0.2) is 17.2 Å². The molecule has 158 valence electrons. The van der Waals surface area contributed by atoms with Crippen LogP contribution in [-0.4, -0.2) is 21.6 Å². The zero-order chi connectivity index (χ0) is 21.6. The van der Waals surface area contributed by atoms with E-state index in [2.05, 4.69) is 4.72 Å². The van der Waals surface area contributed by atoms with Crippen molar-refractivity contribution < 1.29 is 22.6 Å². The third-order valence-corrected chi connectivity index (χ3v) is 5.58. The number of sulfonamides is 1. The second-order valence-electron chi connectivity index (χ2n) is 6.14. The van der Waals surface area contributed by atoms with Crippen LogP contribution in [0.3, 0.4) is 0 Å². The van der Waals surface area contributed by atoms with E-state index in [1.165, 1.54) is 18.2 Å². The normalized spacial score (nSPS) is 11.0. The SMILES string of the molecule is CCOc1ccc(S(=O)(=O)Nc2cc(Cl)ccc2Oc2ccccc2)cc1OCC. The lowest BCUT2D eigenvalue weighted by Crippen LogP contribution is -2.14. The number of hydrogen-bond acceptors (Lipinski definition) is 5. The van der Waals surface area contributed by atoms with Crippen LogP contribution in [0.4, 0.5) is 5.69 Å². The summed E-state index contributed by atoms with van der Waals surface area (Å²) in [5, 5.41) is 0.370. The van der Waals surface area contributed by atoms with Gasteiger partial charge in [0, 0.05) is 11.1 Å². The number of hydrogen-bond donors (Lipinski definition) is 1. The summed E-state index contributed by atoms with van der Waals surface area (Å²) in [5.41, 5.74) is 0.221.